The third kappa shape index (κ3) is 5.56. The lowest BCUT2D eigenvalue weighted by Crippen LogP contribution is -2.16. The average Bonchev–Trinajstić information content (AvgIpc) is 2.67. The molecule has 0 saturated carbocycles. The van der Waals surface area contributed by atoms with Crippen molar-refractivity contribution in [1.82, 2.24) is 5.43 Å². The number of rotatable bonds is 7. The van der Waals surface area contributed by atoms with Crippen molar-refractivity contribution in [2.75, 3.05) is 7.11 Å². The van der Waals surface area contributed by atoms with Crippen LogP contribution < -0.4 is 14.9 Å². The summed E-state index contributed by atoms with van der Waals surface area (Å²) >= 11 is 3.43. The number of carbonyl (C=O) groups is 1. The molecule has 1 amide bonds. The third-order valence-corrected chi connectivity index (χ3v) is 3.99. The highest BCUT2D eigenvalue weighted by Crippen LogP contribution is 2.37. The summed E-state index contributed by atoms with van der Waals surface area (Å²) in [6.45, 7) is 0.205. The Bertz CT molecular complexity index is 945. The topological polar surface area (TPSA) is 108 Å². The second-order valence-electron chi connectivity index (χ2n) is 5.22. The number of nitriles is 2. The Kier molecular flexibility index (Phi) is 7.36. The Labute approximate surface area is 164 Å². The minimum atomic E-state index is -0.490. The molecule has 1 N–H and O–H groups in total. The van der Waals surface area contributed by atoms with Gasteiger partial charge in [0.2, 0.25) is 0 Å². The van der Waals surface area contributed by atoms with Crippen molar-refractivity contribution >= 4 is 28.1 Å². The van der Waals surface area contributed by atoms with Gasteiger partial charge < -0.3 is 9.47 Å². The van der Waals surface area contributed by atoms with Gasteiger partial charge in [-0.2, -0.15) is 15.6 Å². The van der Waals surface area contributed by atoms with E-state index in [0.717, 1.165) is 5.56 Å². The van der Waals surface area contributed by atoms with Crippen LogP contribution in [0.25, 0.3) is 0 Å². The lowest BCUT2D eigenvalue weighted by molar-refractivity contribution is -0.120. The fraction of sp³-hybridized carbons (Fsp3) is 0.158. The molecule has 0 spiro atoms. The van der Waals surface area contributed by atoms with Crippen LogP contribution in [0.1, 0.15) is 23.1 Å². The minimum Gasteiger partial charge on any atom is -0.493 e. The van der Waals surface area contributed by atoms with Crippen molar-refractivity contribution in [3.8, 4) is 23.6 Å². The van der Waals surface area contributed by atoms with E-state index in [1.807, 2.05) is 12.1 Å². The lowest BCUT2D eigenvalue weighted by Gasteiger charge is -2.14. The maximum atomic E-state index is 11.2. The predicted molar refractivity (Wildman–Crippen MR) is 102 cm³/mol. The number of hydrogen-bond acceptors (Lipinski definition) is 6. The molecule has 0 atom stereocenters. The first-order chi connectivity index (χ1) is 13.1. The summed E-state index contributed by atoms with van der Waals surface area (Å²) in [5.74, 6) is 0.454. The molecule has 0 aliphatic heterocycles. The first-order valence-corrected chi connectivity index (χ1v) is 8.55. The molecule has 0 fully saturated rings. The molecule has 7 nitrogen and oxygen atoms in total. The third-order valence-electron chi connectivity index (χ3n) is 3.40. The van der Waals surface area contributed by atoms with Crippen LogP contribution in [0, 0.1) is 22.7 Å². The van der Waals surface area contributed by atoms with E-state index in [1.165, 1.54) is 13.3 Å². The molecule has 0 unspecified atom stereocenters. The van der Waals surface area contributed by atoms with Crippen molar-refractivity contribution in [3.63, 3.8) is 0 Å². The van der Waals surface area contributed by atoms with Gasteiger partial charge >= 0.3 is 0 Å². The number of benzene rings is 2. The van der Waals surface area contributed by atoms with E-state index in [9.17, 15) is 4.79 Å². The molecule has 27 heavy (non-hydrogen) atoms. The molecule has 0 aliphatic carbocycles. The van der Waals surface area contributed by atoms with Crippen molar-refractivity contribution in [2.45, 2.75) is 13.0 Å². The van der Waals surface area contributed by atoms with E-state index in [1.54, 1.807) is 30.3 Å². The Morgan fingerprint density at radius 3 is 2.81 bits per heavy atom. The predicted octanol–water partition coefficient (Wildman–Crippen LogP) is 3.27. The fourth-order valence-corrected chi connectivity index (χ4v) is 2.72. The summed E-state index contributed by atoms with van der Waals surface area (Å²) in [7, 11) is 1.51. The van der Waals surface area contributed by atoms with Crippen molar-refractivity contribution in [3.05, 3.63) is 57.6 Å². The smallest absolute Gasteiger partial charge is 0.254 e. The molecular formula is C19H15BrN4O3. The van der Waals surface area contributed by atoms with E-state index in [-0.39, 0.29) is 13.0 Å². The molecule has 2 aromatic carbocycles. The van der Waals surface area contributed by atoms with Gasteiger partial charge in [0.15, 0.2) is 11.5 Å². The van der Waals surface area contributed by atoms with Gasteiger partial charge in [0.25, 0.3) is 5.91 Å². The SMILES string of the molecule is COc1cc(/C=N\NC(=O)CC#N)cc(Br)c1OCc1ccccc1C#N. The Morgan fingerprint density at radius 2 is 2.11 bits per heavy atom. The van der Waals surface area contributed by atoms with Crippen LogP contribution in [0.4, 0.5) is 0 Å². The molecule has 0 aromatic heterocycles. The second kappa shape index (κ2) is 9.95. The maximum absolute atomic E-state index is 11.2. The van der Waals surface area contributed by atoms with Gasteiger partial charge in [0.1, 0.15) is 13.0 Å². The largest absolute Gasteiger partial charge is 0.493 e. The second-order valence-corrected chi connectivity index (χ2v) is 6.07. The molecule has 0 bridgehead atoms. The van der Waals surface area contributed by atoms with Gasteiger partial charge in [0.05, 0.1) is 35.5 Å². The summed E-state index contributed by atoms with van der Waals surface area (Å²) in [4.78, 5) is 11.2. The normalized spacial score (nSPS) is 10.1. The number of carbonyl (C=O) groups excluding carboxylic acids is 1. The highest BCUT2D eigenvalue weighted by Gasteiger charge is 2.12. The van der Waals surface area contributed by atoms with E-state index in [0.29, 0.717) is 27.1 Å². The number of ether oxygens (including phenoxy) is 2. The van der Waals surface area contributed by atoms with Crippen molar-refractivity contribution in [2.24, 2.45) is 5.10 Å². The summed E-state index contributed by atoms with van der Waals surface area (Å²) in [5, 5.41) is 21.4. The van der Waals surface area contributed by atoms with Crippen molar-refractivity contribution in [1.29, 1.82) is 10.5 Å². The summed E-state index contributed by atoms with van der Waals surface area (Å²) in [6, 6.07) is 14.5. The summed E-state index contributed by atoms with van der Waals surface area (Å²) < 4.78 is 11.8. The van der Waals surface area contributed by atoms with Gasteiger partial charge in [-0.1, -0.05) is 18.2 Å². The first-order valence-electron chi connectivity index (χ1n) is 7.76. The summed E-state index contributed by atoms with van der Waals surface area (Å²) in [5.41, 5.74) is 4.22. The zero-order valence-electron chi connectivity index (χ0n) is 14.4. The number of halogens is 1. The zero-order chi connectivity index (χ0) is 19.6. The first kappa shape index (κ1) is 20.0. The van der Waals surface area contributed by atoms with Gasteiger partial charge in [-0.3, -0.25) is 4.79 Å². The monoisotopic (exact) mass is 426 g/mol. The number of hydrogen-bond donors (Lipinski definition) is 1. The molecule has 2 rings (SSSR count). The van der Waals surface area contributed by atoms with E-state index < -0.39 is 5.91 Å². The lowest BCUT2D eigenvalue weighted by atomic mass is 10.1. The summed E-state index contributed by atoms with van der Waals surface area (Å²) in [6.07, 6.45) is 1.17. The van der Waals surface area contributed by atoms with E-state index in [2.05, 4.69) is 32.5 Å². The average molecular weight is 427 g/mol. The zero-order valence-corrected chi connectivity index (χ0v) is 16.0. The van der Waals surface area contributed by atoms with Crippen LogP contribution in [0.2, 0.25) is 0 Å². The van der Waals surface area contributed by atoms with Crippen LogP contribution in [-0.4, -0.2) is 19.2 Å². The minimum absolute atomic E-state index is 0.205. The number of nitrogens with one attached hydrogen (secondary N) is 1. The molecule has 2 aromatic rings. The number of nitrogens with zero attached hydrogens (tertiary/aromatic N) is 3. The molecule has 8 heteroatoms. The van der Waals surface area contributed by atoms with Crippen LogP contribution in [0.15, 0.2) is 46.0 Å². The van der Waals surface area contributed by atoms with E-state index >= 15 is 0 Å². The van der Waals surface area contributed by atoms with Crippen LogP contribution in [0.3, 0.4) is 0 Å². The Hall–Kier alpha value is -3.36. The maximum Gasteiger partial charge on any atom is 0.254 e. The Morgan fingerprint density at radius 1 is 1.33 bits per heavy atom. The van der Waals surface area contributed by atoms with Crippen LogP contribution in [-0.2, 0) is 11.4 Å². The Balaban J connectivity index is 2.16. The highest BCUT2D eigenvalue weighted by molar-refractivity contribution is 9.10. The molecule has 136 valence electrons. The highest BCUT2D eigenvalue weighted by atomic mass is 79.9. The van der Waals surface area contributed by atoms with Crippen LogP contribution >= 0.6 is 15.9 Å². The molecular weight excluding hydrogens is 412 g/mol. The fourth-order valence-electron chi connectivity index (χ4n) is 2.15. The molecule has 0 heterocycles. The molecule has 0 saturated heterocycles. The number of hydrazone groups is 1. The molecule has 0 aliphatic rings. The van der Waals surface area contributed by atoms with Gasteiger partial charge in [-0.05, 0) is 39.7 Å². The van der Waals surface area contributed by atoms with Crippen LogP contribution in [0.5, 0.6) is 11.5 Å². The van der Waals surface area contributed by atoms with Gasteiger partial charge in [0, 0.05) is 5.56 Å². The number of amides is 1. The van der Waals surface area contributed by atoms with E-state index in [4.69, 9.17) is 20.0 Å². The standard InChI is InChI=1S/C19H15BrN4O3/c1-26-17-9-13(11-23-24-18(25)6-7-21)8-16(20)19(17)27-12-15-5-3-2-4-14(15)10-22/h2-5,8-9,11H,6,12H2,1H3,(H,24,25)/b23-11-. The van der Waals surface area contributed by atoms with Crippen molar-refractivity contribution < 1.29 is 14.3 Å². The quantitative estimate of drug-likeness (QED) is 0.539. The van der Waals surface area contributed by atoms with Gasteiger partial charge in [-0.25, -0.2) is 5.43 Å². The number of methoxy groups -OCH3 is 1. The van der Waals surface area contributed by atoms with Gasteiger partial charge in [-0.15, -0.1) is 0 Å². The molecule has 0 radical (unpaired) electrons.